The van der Waals surface area contributed by atoms with Gasteiger partial charge in [0.25, 0.3) is 0 Å². The fourth-order valence-corrected chi connectivity index (χ4v) is 2.80. The maximum absolute atomic E-state index is 13.0. The molecule has 0 saturated heterocycles. The summed E-state index contributed by atoms with van der Waals surface area (Å²) in [5, 5.41) is 9.27. The number of rotatable bonds is 1. The van der Waals surface area contributed by atoms with Crippen molar-refractivity contribution in [2.45, 2.75) is 25.9 Å². The Balaban J connectivity index is 2.96. The highest BCUT2D eigenvalue weighted by molar-refractivity contribution is 7.22. The van der Waals surface area contributed by atoms with Gasteiger partial charge in [-0.25, -0.2) is 4.98 Å². The zero-order valence-electron chi connectivity index (χ0n) is 10.2. The highest BCUT2D eigenvalue weighted by Crippen LogP contribution is 2.41. The van der Waals surface area contributed by atoms with Crippen LogP contribution in [0.25, 0.3) is 10.2 Å². The van der Waals surface area contributed by atoms with Crippen LogP contribution < -0.4 is 5.73 Å². The summed E-state index contributed by atoms with van der Waals surface area (Å²) in [7, 11) is 0. The van der Waals surface area contributed by atoms with Gasteiger partial charge in [-0.2, -0.15) is 18.4 Å². The van der Waals surface area contributed by atoms with Crippen molar-refractivity contribution >= 4 is 26.7 Å². The van der Waals surface area contributed by atoms with E-state index in [4.69, 9.17) is 11.0 Å². The first-order valence-electron chi connectivity index (χ1n) is 5.46. The van der Waals surface area contributed by atoms with Gasteiger partial charge in [-0.05, 0) is 12.0 Å². The van der Waals surface area contributed by atoms with Crippen molar-refractivity contribution in [3.63, 3.8) is 0 Å². The van der Waals surface area contributed by atoms with E-state index in [1.807, 2.05) is 0 Å². The van der Waals surface area contributed by atoms with E-state index in [0.717, 1.165) is 17.4 Å². The average molecular weight is 285 g/mol. The minimum atomic E-state index is -4.57. The lowest BCUT2D eigenvalue weighted by Crippen LogP contribution is -2.10. The number of nitrogens with two attached hydrogens (primary N) is 1. The number of nitriles is 1. The van der Waals surface area contributed by atoms with Crippen molar-refractivity contribution in [2.24, 2.45) is 0 Å². The molecule has 1 aromatic carbocycles. The monoisotopic (exact) mass is 285 g/mol. The predicted octanol–water partition coefficient (Wildman–Crippen LogP) is 3.89. The molecule has 0 atom stereocenters. The molecule has 2 N–H and O–H groups in total. The fourth-order valence-electron chi connectivity index (χ4n) is 2.01. The summed E-state index contributed by atoms with van der Waals surface area (Å²) in [6, 6.07) is 2.61. The molecule has 3 nitrogen and oxygen atoms in total. The van der Waals surface area contributed by atoms with Crippen LogP contribution in [0.15, 0.2) is 6.07 Å². The predicted molar refractivity (Wildman–Crippen MR) is 67.8 cm³/mol. The van der Waals surface area contributed by atoms with Crippen LogP contribution in [0.2, 0.25) is 0 Å². The molecule has 0 amide bonds. The summed E-state index contributed by atoms with van der Waals surface area (Å²) >= 11 is 0.990. The van der Waals surface area contributed by atoms with Crippen molar-refractivity contribution in [1.29, 1.82) is 5.26 Å². The van der Waals surface area contributed by atoms with Crippen LogP contribution in [0.5, 0.6) is 0 Å². The highest BCUT2D eigenvalue weighted by atomic mass is 32.1. The van der Waals surface area contributed by atoms with Gasteiger partial charge in [0.1, 0.15) is 6.07 Å². The fraction of sp³-hybridized carbons (Fsp3) is 0.333. The molecular formula is C12H10F3N3S. The second-order valence-corrected chi connectivity index (χ2v) is 5.44. The third-order valence-electron chi connectivity index (χ3n) is 2.73. The summed E-state index contributed by atoms with van der Waals surface area (Å²) in [6.45, 7) is 3.45. The SMILES string of the molecule is CC(C)c1c(C#N)c(C(F)(F)F)cc2sc(N)nc12. The maximum Gasteiger partial charge on any atom is 0.417 e. The number of hydrogen-bond acceptors (Lipinski definition) is 4. The van der Waals surface area contributed by atoms with Gasteiger partial charge in [-0.15, -0.1) is 0 Å². The van der Waals surface area contributed by atoms with Gasteiger partial charge < -0.3 is 5.73 Å². The summed E-state index contributed by atoms with van der Waals surface area (Å²) < 4.78 is 39.4. The first-order valence-corrected chi connectivity index (χ1v) is 6.27. The number of thiazole rings is 1. The second-order valence-electron chi connectivity index (χ2n) is 4.38. The summed E-state index contributed by atoms with van der Waals surface area (Å²) in [4.78, 5) is 4.04. The zero-order valence-corrected chi connectivity index (χ0v) is 11.0. The Morgan fingerprint density at radius 2 is 2.05 bits per heavy atom. The Hall–Kier alpha value is -1.81. The van der Waals surface area contributed by atoms with Gasteiger partial charge in [0.2, 0.25) is 0 Å². The van der Waals surface area contributed by atoms with E-state index in [1.165, 1.54) is 0 Å². The van der Waals surface area contributed by atoms with E-state index >= 15 is 0 Å². The van der Waals surface area contributed by atoms with Gasteiger partial charge in [0, 0.05) is 5.56 Å². The number of halogens is 3. The minimum absolute atomic E-state index is 0.195. The minimum Gasteiger partial charge on any atom is -0.375 e. The molecule has 0 unspecified atom stereocenters. The van der Waals surface area contributed by atoms with Crippen LogP contribution in [-0.2, 0) is 6.18 Å². The van der Waals surface area contributed by atoms with Crippen molar-refractivity contribution in [2.75, 3.05) is 5.73 Å². The number of nitrogens with zero attached hydrogens (tertiary/aromatic N) is 2. The van der Waals surface area contributed by atoms with Crippen molar-refractivity contribution < 1.29 is 13.2 Å². The van der Waals surface area contributed by atoms with Crippen molar-refractivity contribution in [3.05, 3.63) is 22.8 Å². The van der Waals surface area contributed by atoms with E-state index in [2.05, 4.69) is 4.98 Å². The topological polar surface area (TPSA) is 62.7 Å². The van der Waals surface area contributed by atoms with E-state index in [0.29, 0.717) is 15.8 Å². The average Bonchev–Trinajstić information content (AvgIpc) is 2.64. The highest BCUT2D eigenvalue weighted by Gasteiger charge is 2.36. The molecule has 0 aliphatic heterocycles. The number of benzene rings is 1. The molecule has 7 heteroatoms. The van der Waals surface area contributed by atoms with Crippen LogP contribution in [-0.4, -0.2) is 4.98 Å². The van der Waals surface area contributed by atoms with Crippen LogP contribution in [0.4, 0.5) is 18.3 Å². The Morgan fingerprint density at radius 1 is 1.42 bits per heavy atom. The molecule has 0 bridgehead atoms. The summed E-state index contributed by atoms with van der Waals surface area (Å²) in [5.41, 5.74) is 4.97. The normalized spacial score (nSPS) is 12.1. The zero-order chi connectivity index (χ0) is 14.4. The molecule has 100 valence electrons. The number of anilines is 1. The molecule has 2 aromatic rings. The number of aromatic nitrogens is 1. The molecule has 0 spiro atoms. The van der Waals surface area contributed by atoms with Gasteiger partial charge in [0.05, 0.1) is 21.3 Å². The molecule has 19 heavy (non-hydrogen) atoms. The smallest absolute Gasteiger partial charge is 0.375 e. The third-order valence-corrected chi connectivity index (χ3v) is 3.57. The van der Waals surface area contributed by atoms with Crippen LogP contribution in [0.3, 0.4) is 0 Å². The Kier molecular flexibility index (Phi) is 3.14. The van der Waals surface area contributed by atoms with Gasteiger partial charge in [-0.3, -0.25) is 0 Å². The second kappa shape index (κ2) is 4.38. The molecule has 0 saturated carbocycles. The molecule has 1 aromatic heterocycles. The molecule has 0 aliphatic rings. The molecule has 1 heterocycles. The summed E-state index contributed by atoms with van der Waals surface area (Å²) in [5.74, 6) is -0.249. The van der Waals surface area contributed by atoms with E-state index in [1.54, 1.807) is 19.9 Å². The Morgan fingerprint density at radius 3 is 2.53 bits per heavy atom. The number of nitrogen functional groups attached to an aromatic ring is 1. The molecule has 0 aliphatic carbocycles. The van der Waals surface area contributed by atoms with Gasteiger partial charge >= 0.3 is 6.18 Å². The number of alkyl halides is 3. The first kappa shape index (κ1) is 13.6. The lowest BCUT2D eigenvalue weighted by molar-refractivity contribution is -0.137. The molecule has 2 rings (SSSR count). The maximum atomic E-state index is 13.0. The van der Waals surface area contributed by atoms with Crippen molar-refractivity contribution in [3.8, 4) is 6.07 Å². The molecule has 0 fully saturated rings. The quantitative estimate of drug-likeness (QED) is 0.864. The van der Waals surface area contributed by atoms with Crippen LogP contribution in [0, 0.1) is 11.3 Å². The number of fused-ring (bicyclic) bond motifs is 1. The molecular weight excluding hydrogens is 275 g/mol. The largest absolute Gasteiger partial charge is 0.417 e. The van der Waals surface area contributed by atoms with Crippen LogP contribution in [0.1, 0.15) is 36.5 Å². The number of hydrogen-bond donors (Lipinski definition) is 1. The first-order chi connectivity index (χ1) is 8.75. The lowest BCUT2D eigenvalue weighted by Gasteiger charge is -2.15. The van der Waals surface area contributed by atoms with E-state index < -0.39 is 11.7 Å². The van der Waals surface area contributed by atoms with E-state index in [-0.39, 0.29) is 16.6 Å². The Labute approximate surface area is 111 Å². The van der Waals surface area contributed by atoms with Crippen LogP contribution >= 0.6 is 11.3 Å². The van der Waals surface area contributed by atoms with Gasteiger partial charge in [-0.1, -0.05) is 25.2 Å². The Bertz CT molecular complexity index is 680. The van der Waals surface area contributed by atoms with Crippen molar-refractivity contribution in [1.82, 2.24) is 4.98 Å². The lowest BCUT2D eigenvalue weighted by atomic mass is 9.92. The standard InChI is InChI=1S/C12H10F3N3S/c1-5(2)9-6(4-16)7(12(13,14)15)3-8-10(9)18-11(17)19-8/h3,5H,1-2H3,(H2,17,18). The van der Waals surface area contributed by atoms with Gasteiger partial charge in [0.15, 0.2) is 5.13 Å². The third kappa shape index (κ3) is 2.24. The summed E-state index contributed by atoms with van der Waals surface area (Å²) in [6.07, 6.45) is -4.57. The van der Waals surface area contributed by atoms with E-state index in [9.17, 15) is 13.2 Å². The molecule has 0 radical (unpaired) electrons.